The number of carbonyl (C=O) groups is 1. The molecule has 0 saturated carbocycles. The predicted molar refractivity (Wildman–Crippen MR) is 73.6 cm³/mol. The van der Waals surface area contributed by atoms with E-state index >= 15 is 0 Å². The zero-order chi connectivity index (χ0) is 15.3. The molecule has 0 aliphatic heterocycles. The van der Waals surface area contributed by atoms with Crippen molar-refractivity contribution < 1.29 is 19.8 Å². The summed E-state index contributed by atoms with van der Waals surface area (Å²) in [7, 11) is 0. The summed E-state index contributed by atoms with van der Waals surface area (Å²) in [6.45, 7) is 4.89. The third kappa shape index (κ3) is 4.96. The van der Waals surface area contributed by atoms with Crippen molar-refractivity contribution in [2.45, 2.75) is 38.8 Å². The molecule has 0 spiro atoms. The quantitative estimate of drug-likeness (QED) is 0.507. The molecule has 6 nitrogen and oxygen atoms in total. The number of aliphatic hydroxyl groups excluding tert-OH is 1. The number of halogens is 1. The SMILES string of the molecule is CC(C)(C)OC(=O)N(O)C(CCO)c1ccc(Cl)nc1. The maximum Gasteiger partial charge on any atom is 0.434 e. The van der Waals surface area contributed by atoms with Gasteiger partial charge in [-0.1, -0.05) is 17.7 Å². The molecular weight excluding hydrogens is 284 g/mol. The van der Waals surface area contributed by atoms with Crippen molar-refractivity contribution in [1.82, 2.24) is 10.0 Å². The lowest BCUT2D eigenvalue weighted by Crippen LogP contribution is -2.37. The Morgan fingerprint density at radius 3 is 2.60 bits per heavy atom. The van der Waals surface area contributed by atoms with Crippen LogP contribution < -0.4 is 0 Å². The Morgan fingerprint density at radius 1 is 1.50 bits per heavy atom. The first kappa shape index (κ1) is 16.7. The van der Waals surface area contributed by atoms with Gasteiger partial charge in [-0.3, -0.25) is 5.21 Å². The molecule has 2 N–H and O–H groups in total. The van der Waals surface area contributed by atoms with Crippen LogP contribution in [-0.2, 0) is 4.74 Å². The number of pyridine rings is 1. The van der Waals surface area contributed by atoms with Gasteiger partial charge in [0.25, 0.3) is 0 Å². The second-order valence-corrected chi connectivity index (χ2v) is 5.65. The number of nitrogens with zero attached hydrogens (tertiary/aromatic N) is 2. The molecule has 0 fully saturated rings. The van der Waals surface area contributed by atoms with Crippen LogP contribution in [0, 0.1) is 0 Å². The average molecular weight is 303 g/mol. The molecule has 1 aromatic heterocycles. The summed E-state index contributed by atoms with van der Waals surface area (Å²) in [6, 6.07) is 2.42. The van der Waals surface area contributed by atoms with E-state index in [1.165, 1.54) is 6.20 Å². The summed E-state index contributed by atoms with van der Waals surface area (Å²) in [6.07, 6.45) is 0.709. The number of hydrogen-bond acceptors (Lipinski definition) is 5. The Hall–Kier alpha value is -1.37. The first-order chi connectivity index (χ1) is 9.24. The van der Waals surface area contributed by atoms with E-state index in [2.05, 4.69) is 4.98 Å². The van der Waals surface area contributed by atoms with Crippen molar-refractivity contribution in [3.05, 3.63) is 29.0 Å². The van der Waals surface area contributed by atoms with Gasteiger partial charge in [0.15, 0.2) is 0 Å². The Labute approximate surface area is 122 Å². The zero-order valence-corrected chi connectivity index (χ0v) is 12.5. The first-order valence-electron chi connectivity index (χ1n) is 6.18. The molecule has 0 aromatic carbocycles. The minimum absolute atomic E-state index is 0.152. The third-order valence-electron chi connectivity index (χ3n) is 2.41. The minimum atomic E-state index is -0.883. The molecular formula is C13H19ClN2O4. The topological polar surface area (TPSA) is 82.9 Å². The normalized spacial score (nSPS) is 12.9. The Kier molecular flexibility index (Phi) is 5.74. The minimum Gasteiger partial charge on any atom is -0.442 e. The fourth-order valence-corrected chi connectivity index (χ4v) is 1.68. The van der Waals surface area contributed by atoms with E-state index in [0.717, 1.165) is 0 Å². The standard InChI is InChI=1S/C13H19ClN2O4/c1-13(2,3)20-12(18)16(19)10(6-7-17)9-4-5-11(14)15-8-9/h4-5,8,10,17,19H,6-7H2,1-3H3. The second kappa shape index (κ2) is 6.88. The zero-order valence-electron chi connectivity index (χ0n) is 11.7. The maximum absolute atomic E-state index is 11.8. The van der Waals surface area contributed by atoms with Gasteiger partial charge in [-0.15, -0.1) is 0 Å². The van der Waals surface area contributed by atoms with E-state index < -0.39 is 17.7 Å². The number of hydrogen-bond donors (Lipinski definition) is 2. The number of ether oxygens (including phenoxy) is 1. The molecule has 0 aliphatic rings. The number of carbonyl (C=O) groups excluding carboxylic acids is 1. The molecule has 7 heteroatoms. The van der Waals surface area contributed by atoms with Crippen molar-refractivity contribution in [1.29, 1.82) is 0 Å². The molecule has 1 amide bonds. The molecule has 0 radical (unpaired) electrons. The van der Waals surface area contributed by atoms with Gasteiger partial charge < -0.3 is 9.84 Å². The van der Waals surface area contributed by atoms with E-state index in [9.17, 15) is 10.0 Å². The molecule has 20 heavy (non-hydrogen) atoms. The fourth-order valence-electron chi connectivity index (χ4n) is 1.57. The molecule has 1 heterocycles. The number of amides is 1. The van der Waals surface area contributed by atoms with E-state index in [-0.39, 0.29) is 13.0 Å². The third-order valence-corrected chi connectivity index (χ3v) is 2.64. The van der Waals surface area contributed by atoms with Crippen molar-refractivity contribution in [2.75, 3.05) is 6.61 Å². The van der Waals surface area contributed by atoms with E-state index in [1.807, 2.05) is 0 Å². The van der Waals surface area contributed by atoms with Gasteiger partial charge in [0.05, 0.1) is 6.04 Å². The highest BCUT2D eigenvalue weighted by molar-refractivity contribution is 6.29. The van der Waals surface area contributed by atoms with E-state index in [1.54, 1.807) is 32.9 Å². The monoisotopic (exact) mass is 302 g/mol. The van der Waals surface area contributed by atoms with E-state index in [4.69, 9.17) is 21.4 Å². The Bertz CT molecular complexity index is 445. The molecule has 0 bridgehead atoms. The van der Waals surface area contributed by atoms with Crippen molar-refractivity contribution in [2.24, 2.45) is 0 Å². The molecule has 1 aromatic rings. The molecule has 0 aliphatic carbocycles. The fraction of sp³-hybridized carbons (Fsp3) is 0.538. The van der Waals surface area contributed by atoms with Gasteiger partial charge in [-0.2, -0.15) is 5.06 Å². The molecule has 1 unspecified atom stereocenters. The molecule has 1 rings (SSSR count). The lowest BCUT2D eigenvalue weighted by atomic mass is 10.1. The summed E-state index contributed by atoms with van der Waals surface area (Å²) in [5.41, 5.74) is -0.170. The van der Waals surface area contributed by atoms with Crippen LogP contribution in [0.3, 0.4) is 0 Å². The van der Waals surface area contributed by atoms with Crippen LogP contribution in [0.1, 0.15) is 38.8 Å². The summed E-state index contributed by atoms with van der Waals surface area (Å²) in [5.74, 6) is 0. The number of aliphatic hydroxyl groups is 1. The van der Waals surface area contributed by atoms with Gasteiger partial charge in [-0.25, -0.2) is 9.78 Å². The first-order valence-corrected chi connectivity index (χ1v) is 6.56. The largest absolute Gasteiger partial charge is 0.442 e. The van der Waals surface area contributed by atoms with Crippen molar-refractivity contribution in [3.63, 3.8) is 0 Å². The Morgan fingerprint density at radius 2 is 2.15 bits per heavy atom. The average Bonchev–Trinajstić information content (AvgIpc) is 2.34. The summed E-state index contributed by atoms with van der Waals surface area (Å²) in [5, 5.41) is 19.8. The van der Waals surface area contributed by atoms with Gasteiger partial charge in [-0.05, 0) is 38.8 Å². The molecule has 1 atom stereocenters. The number of hydroxylamine groups is 2. The van der Waals surface area contributed by atoms with Crippen LogP contribution in [0.4, 0.5) is 4.79 Å². The van der Waals surface area contributed by atoms with Gasteiger partial charge in [0, 0.05) is 12.8 Å². The smallest absolute Gasteiger partial charge is 0.434 e. The van der Waals surface area contributed by atoms with Crippen molar-refractivity contribution >= 4 is 17.7 Å². The van der Waals surface area contributed by atoms with Crippen LogP contribution in [0.25, 0.3) is 0 Å². The lowest BCUT2D eigenvalue weighted by molar-refractivity contribution is -0.125. The van der Waals surface area contributed by atoms with Gasteiger partial charge in [0.2, 0.25) is 0 Å². The van der Waals surface area contributed by atoms with Gasteiger partial charge in [0.1, 0.15) is 10.8 Å². The Balaban J connectivity index is 2.90. The summed E-state index contributed by atoms with van der Waals surface area (Å²) < 4.78 is 5.08. The van der Waals surface area contributed by atoms with E-state index in [0.29, 0.717) is 15.8 Å². The highest BCUT2D eigenvalue weighted by Crippen LogP contribution is 2.24. The van der Waals surface area contributed by atoms with Crippen LogP contribution in [0.2, 0.25) is 5.15 Å². The second-order valence-electron chi connectivity index (χ2n) is 5.27. The highest BCUT2D eigenvalue weighted by atomic mass is 35.5. The maximum atomic E-state index is 11.8. The van der Waals surface area contributed by atoms with Crippen LogP contribution in [0.5, 0.6) is 0 Å². The highest BCUT2D eigenvalue weighted by Gasteiger charge is 2.28. The summed E-state index contributed by atoms with van der Waals surface area (Å²) in [4.78, 5) is 15.7. The lowest BCUT2D eigenvalue weighted by Gasteiger charge is -2.28. The number of aromatic nitrogens is 1. The summed E-state index contributed by atoms with van der Waals surface area (Å²) >= 11 is 5.69. The van der Waals surface area contributed by atoms with Crippen LogP contribution >= 0.6 is 11.6 Å². The number of rotatable bonds is 4. The van der Waals surface area contributed by atoms with Crippen LogP contribution in [0.15, 0.2) is 18.3 Å². The van der Waals surface area contributed by atoms with Crippen molar-refractivity contribution in [3.8, 4) is 0 Å². The predicted octanol–water partition coefficient (Wildman–Crippen LogP) is 2.78. The van der Waals surface area contributed by atoms with Gasteiger partial charge >= 0.3 is 6.09 Å². The molecule has 112 valence electrons. The molecule has 0 saturated heterocycles. The van der Waals surface area contributed by atoms with Crippen LogP contribution in [-0.4, -0.2) is 38.7 Å².